The van der Waals surface area contributed by atoms with Gasteiger partial charge in [-0.3, -0.25) is 0 Å². The molecule has 1 aliphatic rings. The number of sulfonamides is 1. The van der Waals surface area contributed by atoms with E-state index in [1.54, 1.807) is 24.3 Å². The molecule has 0 spiro atoms. The number of carbonyl (C=O) groups is 1. The highest BCUT2D eigenvalue weighted by atomic mass is 32.2. The second kappa shape index (κ2) is 9.27. The van der Waals surface area contributed by atoms with Crippen LogP contribution >= 0.6 is 0 Å². The lowest BCUT2D eigenvalue weighted by atomic mass is 10.2. The lowest BCUT2D eigenvalue weighted by Crippen LogP contribution is -2.27. The molecule has 1 aliphatic heterocycles. The second-order valence-electron chi connectivity index (χ2n) is 6.56. The van der Waals surface area contributed by atoms with Gasteiger partial charge in [0.05, 0.1) is 21.3 Å². The van der Waals surface area contributed by atoms with Crippen molar-refractivity contribution >= 4 is 22.1 Å². The van der Waals surface area contributed by atoms with Gasteiger partial charge in [0.25, 0.3) is 0 Å². The van der Waals surface area contributed by atoms with Gasteiger partial charge in [0.2, 0.25) is 16.8 Å². The Kier molecular flexibility index (Phi) is 6.71. The third kappa shape index (κ3) is 4.75. The Balaban J connectivity index is 1.97. The summed E-state index contributed by atoms with van der Waals surface area (Å²) < 4.78 is 53.8. The minimum atomic E-state index is -3.99. The molecule has 0 saturated heterocycles. The van der Waals surface area contributed by atoms with Crippen LogP contribution in [0, 0.1) is 0 Å². The smallest absolute Gasteiger partial charge is 0.330 e. The quantitative estimate of drug-likeness (QED) is 0.448. The van der Waals surface area contributed by atoms with Gasteiger partial charge in [-0.2, -0.15) is 4.31 Å². The Hall–Kier alpha value is -3.24. The zero-order valence-electron chi connectivity index (χ0n) is 17.6. The fraction of sp³-hybridized carbons (Fsp3) is 0.286. The van der Waals surface area contributed by atoms with E-state index in [1.165, 1.54) is 50.9 Å². The van der Waals surface area contributed by atoms with Crippen molar-refractivity contribution in [1.29, 1.82) is 0 Å². The zero-order chi connectivity index (χ0) is 22.6. The molecule has 9 nitrogen and oxygen atoms in total. The molecule has 0 N–H and O–H groups in total. The molecule has 31 heavy (non-hydrogen) atoms. The molecule has 0 saturated carbocycles. The fourth-order valence-corrected chi connectivity index (χ4v) is 4.38. The van der Waals surface area contributed by atoms with Crippen LogP contribution in [0.15, 0.2) is 41.3 Å². The maximum Gasteiger partial charge on any atom is 0.330 e. The van der Waals surface area contributed by atoms with Crippen LogP contribution in [0.1, 0.15) is 11.1 Å². The molecule has 166 valence electrons. The third-order valence-corrected chi connectivity index (χ3v) is 6.42. The van der Waals surface area contributed by atoms with E-state index in [2.05, 4.69) is 4.74 Å². The van der Waals surface area contributed by atoms with Crippen LogP contribution in [-0.2, 0) is 26.1 Å². The molecule has 0 aliphatic carbocycles. The highest BCUT2D eigenvalue weighted by Gasteiger charge is 2.28. The van der Waals surface area contributed by atoms with Crippen molar-refractivity contribution in [2.45, 2.75) is 11.4 Å². The molecule has 0 aromatic heterocycles. The summed E-state index contributed by atoms with van der Waals surface area (Å²) >= 11 is 0. The predicted octanol–water partition coefficient (Wildman–Crippen LogP) is 2.44. The first-order valence-corrected chi connectivity index (χ1v) is 10.6. The molecule has 2 aromatic rings. The molecule has 0 amide bonds. The van der Waals surface area contributed by atoms with Crippen molar-refractivity contribution in [3.8, 4) is 23.0 Å². The van der Waals surface area contributed by atoms with E-state index in [9.17, 15) is 13.2 Å². The SMILES string of the molecule is COC(=O)/C=C/c1cc(OC)c(OC)c(S(=O)(=O)N(C)Cc2ccc3c(c2)OCO3)c1. The van der Waals surface area contributed by atoms with Gasteiger partial charge >= 0.3 is 5.97 Å². The van der Waals surface area contributed by atoms with Crippen LogP contribution in [0.4, 0.5) is 0 Å². The first-order valence-electron chi connectivity index (χ1n) is 9.17. The number of nitrogens with zero attached hydrogens (tertiary/aromatic N) is 1. The fourth-order valence-electron chi connectivity index (χ4n) is 3.02. The van der Waals surface area contributed by atoms with Gasteiger partial charge in [0, 0.05) is 19.7 Å². The maximum atomic E-state index is 13.4. The van der Waals surface area contributed by atoms with Crippen molar-refractivity contribution in [2.75, 3.05) is 35.2 Å². The van der Waals surface area contributed by atoms with Crippen molar-refractivity contribution in [1.82, 2.24) is 4.31 Å². The standard InChI is InChI=1S/C21H23NO8S/c1-22(12-15-5-7-16-17(10-15)30-13-29-16)31(24,25)19-11-14(6-8-20(23)27-3)9-18(26-2)21(19)28-4/h5-11H,12-13H2,1-4H3/b8-6+. The number of esters is 1. The Morgan fingerprint density at radius 1 is 1.10 bits per heavy atom. The van der Waals surface area contributed by atoms with E-state index in [1.807, 2.05) is 0 Å². The van der Waals surface area contributed by atoms with E-state index < -0.39 is 16.0 Å². The van der Waals surface area contributed by atoms with Gasteiger partial charge in [-0.25, -0.2) is 13.2 Å². The molecule has 3 rings (SSSR count). The van der Waals surface area contributed by atoms with Crippen LogP contribution in [-0.4, -0.2) is 53.9 Å². The van der Waals surface area contributed by atoms with E-state index in [0.29, 0.717) is 17.1 Å². The van der Waals surface area contributed by atoms with Crippen LogP contribution in [0.25, 0.3) is 6.08 Å². The Morgan fingerprint density at radius 2 is 1.84 bits per heavy atom. The molecular formula is C21H23NO8S. The Labute approximate surface area is 180 Å². The van der Waals surface area contributed by atoms with Gasteiger partial charge in [0.15, 0.2) is 23.0 Å². The van der Waals surface area contributed by atoms with Gasteiger partial charge in [-0.05, 0) is 41.5 Å². The average molecular weight is 449 g/mol. The highest BCUT2D eigenvalue weighted by molar-refractivity contribution is 7.89. The summed E-state index contributed by atoms with van der Waals surface area (Å²) in [5.41, 5.74) is 1.15. The summed E-state index contributed by atoms with van der Waals surface area (Å²) in [6.07, 6.45) is 2.62. The maximum absolute atomic E-state index is 13.4. The number of benzene rings is 2. The van der Waals surface area contributed by atoms with Gasteiger partial charge in [0.1, 0.15) is 4.90 Å². The lowest BCUT2D eigenvalue weighted by Gasteiger charge is -2.21. The molecule has 10 heteroatoms. The summed E-state index contributed by atoms with van der Waals surface area (Å²) in [7, 11) is 1.49. The minimum absolute atomic E-state index is 0.0651. The summed E-state index contributed by atoms with van der Waals surface area (Å²) in [5, 5.41) is 0. The zero-order valence-corrected chi connectivity index (χ0v) is 18.4. The molecule has 0 fully saturated rings. The van der Waals surface area contributed by atoms with Crippen LogP contribution < -0.4 is 18.9 Å². The van der Waals surface area contributed by atoms with Crippen LogP contribution in [0.5, 0.6) is 23.0 Å². The second-order valence-corrected chi connectivity index (χ2v) is 8.57. The first kappa shape index (κ1) is 22.4. The molecule has 0 radical (unpaired) electrons. The van der Waals surface area contributed by atoms with E-state index in [4.69, 9.17) is 18.9 Å². The molecule has 0 atom stereocenters. The van der Waals surface area contributed by atoms with Crippen molar-refractivity contribution in [3.63, 3.8) is 0 Å². The molecule has 2 aromatic carbocycles. The number of hydrogen-bond acceptors (Lipinski definition) is 8. The minimum Gasteiger partial charge on any atom is -0.493 e. The lowest BCUT2D eigenvalue weighted by molar-refractivity contribution is -0.134. The van der Waals surface area contributed by atoms with E-state index in [0.717, 1.165) is 5.56 Å². The summed E-state index contributed by atoms with van der Waals surface area (Å²) in [6.45, 7) is 0.225. The topological polar surface area (TPSA) is 101 Å². The predicted molar refractivity (Wildman–Crippen MR) is 112 cm³/mol. The Bertz CT molecular complexity index is 1110. The third-order valence-electron chi connectivity index (χ3n) is 4.61. The van der Waals surface area contributed by atoms with Gasteiger partial charge < -0.3 is 23.7 Å². The van der Waals surface area contributed by atoms with Crippen molar-refractivity contribution < 1.29 is 36.9 Å². The number of methoxy groups -OCH3 is 3. The molecule has 0 unspecified atom stereocenters. The summed E-state index contributed by atoms with van der Waals surface area (Å²) in [4.78, 5) is 11.3. The first-order chi connectivity index (χ1) is 14.8. The normalized spacial score (nSPS) is 12.9. The van der Waals surface area contributed by atoms with Crippen LogP contribution in [0.3, 0.4) is 0 Å². The highest BCUT2D eigenvalue weighted by Crippen LogP contribution is 2.38. The number of rotatable bonds is 8. The summed E-state index contributed by atoms with van der Waals surface area (Å²) in [5.74, 6) is 0.891. The monoisotopic (exact) mass is 449 g/mol. The van der Waals surface area contributed by atoms with Crippen LogP contribution in [0.2, 0.25) is 0 Å². The van der Waals surface area contributed by atoms with Gasteiger partial charge in [-0.15, -0.1) is 0 Å². The molecule has 1 heterocycles. The van der Waals surface area contributed by atoms with E-state index >= 15 is 0 Å². The number of ether oxygens (including phenoxy) is 5. The van der Waals surface area contributed by atoms with Gasteiger partial charge in [-0.1, -0.05) is 6.07 Å². The molecular weight excluding hydrogens is 426 g/mol. The average Bonchev–Trinajstić information content (AvgIpc) is 3.24. The van der Waals surface area contributed by atoms with Crippen molar-refractivity contribution in [3.05, 3.63) is 47.5 Å². The summed E-state index contributed by atoms with van der Waals surface area (Å²) in [6, 6.07) is 8.22. The Morgan fingerprint density at radius 3 is 2.52 bits per heavy atom. The molecule has 0 bridgehead atoms. The number of fused-ring (bicyclic) bond motifs is 1. The largest absolute Gasteiger partial charge is 0.493 e. The number of carbonyl (C=O) groups excluding carboxylic acids is 1. The number of hydrogen-bond donors (Lipinski definition) is 0. The van der Waals surface area contributed by atoms with E-state index in [-0.39, 0.29) is 29.7 Å². The van der Waals surface area contributed by atoms with Crippen molar-refractivity contribution in [2.24, 2.45) is 0 Å².